The predicted octanol–water partition coefficient (Wildman–Crippen LogP) is 4.64. The summed E-state index contributed by atoms with van der Waals surface area (Å²) in [5, 5.41) is 0. The molecule has 88 valence electrons. The lowest BCUT2D eigenvalue weighted by Crippen LogP contribution is -2.01. The fraction of sp³-hybridized carbons (Fsp3) is 0.667. The van der Waals surface area contributed by atoms with E-state index >= 15 is 0 Å². The first-order valence-electron chi connectivity index (χ1n) is 6.73. The first-order chi connectivity index (χ1) is 7.77. The van der Waals surface area contributed by atoms with Gasteiger partial charge in [-0.1, -0.05) is 45.6 Å². The number of hydrogen-bond acceptors (Lipinski definition) is 1. The third kappa shape index (κ3) is 2.84. The van der Waals surface area contributed by atoms with Crippen LogP contribution in [0, 0.1) is 0 Å². The smallest absolute Gasteiger partial charge is 0.0434 e. The predicted molar refractivity (Wildman–Crippen MR) is 68.8 cm³/mol. The standard InChI is InChI=1S/C15H23N/c1-12(2)14-9-10-15(16-11-14)13-7-5-3-4-6-8-13/h9-13H,3-8H2,1-2H3. The second-order valence-electron chi connectivity index (χ2n) is 5.36. The van der Waals surface area contributed by atoms with Crippen LogP contribution in [0.2, 0.25) is 0 Å². The molecule has 1 heterocycles. The Hall–Kier alpha value is -0.850. The minimum Gasteiger partial charge on any atom is -0.261 e. The number of hydrogen-bond donors (Lipinski definition) is 0. The zero-order valence-electron chi connectivity index (χ0n) is 10.6. The average molecular weight is 217 g/mol. The van der Waals surface area contributed by atoms with E-state index in [0.29, 0.717) is 5.92 Å². The summed E-state index contributed by atoms with van der Waals surface area (Å²) in [5.41, 5.74) is 2.68. The molecule has 0 aliphatic heterocycles. The Morgan fingerprint density at radius 3 is 2.25 bits per heavy atom. The van der Waals surface area contributed by atoms with Crippen molar-refractivity contribution in [1.29, 1.82) is 0 Å². The zero-order chi connectivity index (χ0) is 11.4. The van der Waals surface area contributed by atoms with E-state index in [1.807, 2.05) is 0 Å². The molecule has 0 aromatic carbocycles. The lowest BCUT2D eigenvalue weighted by Gasteiger charge is -2.14. The molecular formula is C15H23N. The van der Waals surface area contributed by atoms with E-state index in [-0.39, 0.29) is 0 Å². The van der Waals surface area contributed by atoms with Gasteiger partial charge in [0.2, 0.25) is 0 Å². The van der Waals surface area contributed by atoms with Gasteiger partial charge in [-0.15, -0.1) is 0 Å². The Morgan fingerprint density at radius 2 is 1.75 bits per heavy atom. The molecule has 1 fully saturated rings. The van der Waals surface area contributed by atoms with Crippen LogP contribution in [0.25, 0.3) is 0 Å². The lowest BCUT2D eigenvalue weighted by molar-refractivity contribution is 0.577. The molecule has 16 heavy (non-hydrogen) atoms. The van der Waals surface area contributed by atoms with E-state index in [1.165, 1.54) is 49.8 Å². The summed E-state index contributed by atoms with van der Waals surface area (Å²) in [4.78, 5) is 4.67. The summed E-state index contributed by atoms with van der Waals surface area (Å²) in [7, 11) is 0. The molecule has 0 unspecified atom stereocenters. The highest BCUT2D eigenvalue weighted by Gasteiger charge is 2.15. The fourth-order valence-electron chi connectivity index (χ4n) is 2.57. The maximum atomic E-state index is 4.67. The number of rotatable bonds is 2. The summed E-state index contributed by atoms with van der Waals surface area (Å²) < 4.78 is 0. The minimum atomic E-state index is 0.593. The Morgan fingerprint density at radius 1 is 1.06 bits per heavy atom. The number of pyridine rings is 1. The fourth-order valence-corrected chi connectivity index (χ4v) is 2.57. The Balaban J connectivity index is 2.07. The van der Waals surface area contributed by atoms with Crippen molar-refractivity contribution in [3.05, 3.63) is 29.6 Å². The maximum absolute atomic E-state index is 4.67. The quantitative estimate of drug-likeness (QED) is 0.657. The van der Waals surface area contributed by atoms with Crippen LogP contribution in [0.5, 0.6) is 0 Å². The van der Waals surface area contributed by atoms with Gasteiger partial charge in [0, 0.05) is 17.8 Å². The molecule has 2 rings (SSSR count). The highest BCUT2D eigenvalue weighted by Crippen LogP contribution is 2.30. The van der Waals surface area contributed by atoms with Gasteiger partial charge in [0.1, 0.15) is 0 Å². The van der Waals surface area contributed by atoms with Crippen molar-refractivity contribution < 1.29 is 0 Å². The van der Waals surface area contributed by atoms with Gasteiger partial charge >= 0.3 is 0 Å². The summed E-state index contributed by atoms with van der Waals surface area (Å²) >= 11 is 0. The Kier molecular flexibility index (Phi) is 3.98. The summed E-state index contributed by atoms with van der Waals surface area (Å²) in [5.74, 6) is 1.32. The van der Waals surface area contributed by atoms with Gasteiger partial charge in [-0.3, -0.25) is 4.98 Å². The Labute approximate surface area is 99.3 Å². The van der Waals surface area contributed by atoms with Gasteiger partial charge < -0.3 is 0 Å². The molecule has 0 amide bonds. The van der Waals surface area contributed by atoms with E-state index < -0.39 is 0 Å². The van der Waals surface area contributed by atoms with Crippen LogP contribution in [0.3, 0.4) is 0 Å². The van der Waals surface area contributed by atoms with Crippen molar-refractivity contribution in [2.24, 2.45) is 0 Å². The molecule has 0 bridgehead atoms. The van der Waals surface area contributed by atoms with E-state index in [2.05, 4.69) is 37.2 Å². The number of nitrogens with zero attached hydrogens (tertiary/aromatic N) is 1. The molecule has 1 heteroatoms. The second kappa shape index (κ2) is 5.47. The molecule has 0 N–H and O–H groups in total. The van der Waals surface area contributed by atoms with E-state index in [1.54, 1.807) is 0 Å². The highest BCUT2D eigenvalue weighted by atomic mass is 14.7. The molecule has 1 aliphatic rings. The molecule has 1 aliphatic carbocycles. The molecule has 1 aromatic heterocycles. The van der Waals surface area contributed by atoms with Gasteiger partial charge in [-0.2, -0.15) is 0 Å². The van der Waals surface area contributed by atoms with Crippen molar-refractivity contribution >= 4 is 0 Å². The summed E-state index contributed by atoms with van der Waals surface area (Å²) in [6.45, 7) is 4.45. The van der Waals surface area contributed by atoms with Crippen LogP contribution in [0.4, 0.5) is 0 Å². The summed E-state index contributed by atoms with van der Waals surface area (Å²) in [6.07, 6.45) is 10.4. The second-order valence-corrected chi connectivity index (χ2v) is 5.36. The lowest BCUT2D eigenvalue weighted by atomic mass is 9.95. The monoisotopic (exact) mass is 217 g/mol. The van der Waals surface area contributed by atoms with Gasteiger partial charge in [0.25, 0.3) is 0 Å². The van der Waals surface area contributed by atoms with Gasteiger partial charge in [0.15, 0.2) is 0 Å². The molecular weight excluding hydrogens is 194 g/mol. The van der Waals surface area contributed by atoms with E-state index in [4.69, 9.17) is 0 Å². The average Bonchev–Trinajstić information content (AvgIpc) is 2.57. The molecule has 0 spiro atoms. The first-order valence-corrected chi connectivity index (χ1v) is 6.73. The SMILES string of the molecule is CC(C)c1ccc(C2CCCCCC2)nc1. The number of aromatic nitrogens is 1. The van der Waals surface area contributed by atoms with E-state index in [9.17, 15) is 0 Å². The van der Waals surface area contributed by atoms with Crippen LogP contribution in [0.15, 0.2) is 18.3 Å². The van der Waals surface area contributed by atoms with Crippen LogP contribution in [-0.4, -0.2) is 4.98 Å². The normalized spacial score (nSPS) is 18.7. The van der Waals surface area contributed by atoms with Crippen molar-refractivity contribution in [1.82, 2.24) is 4.98 Å². The summed E-state index contributed by atoms with van der Waals surface area (Å²) in [6, 6.07) is 4.52. The molecule has 0 radical (unpaired) electrons. The van der Waals surface area contributed by atoms with Gasteiger partial charge in [-0.25, -0.2) is 0 Å². The van der Waals surface area contributed by atoms with Crippen molar-refractivity contribution in [2.45, 2.75) is 64.2 Å². The minimum absolute atomic E-state index is 0.593. The van der Waals surface area contributed by atoms with Gasteiger partial charge in [-0.05, 0) is 30.4 Å². The Bertz CT molecular complexity index is 305. The van der Waals surface area contributed by atoms with Crippen molar-refractivity contribution in [3.8, 4) is 0 Å². The zero-order valence-corrected chi connectivity index (χ0v) is 10.6. The van der Waals surface area contributed by atoms with Gasteiger partial charge in [0.05, 0.1) is 0 Å². The topological polar surface area (TPSA) is 12.9 Å². The first kappa shape index (κ1) is 11.6. The van der Waals surface area contributed by atoms with Crippen molar-refractivity contribution in [3.63, 3.8) is 0 Å². The molecule has 0 atom stereocenters. The van der Waals surface area contributed by atoms with Crippen LogP contribution >= 0.6 is 0 Å². The third-order valence-electron chi connectivity index (χ3n) is 3.75. The highest BCUT2D eigenvalue weighted by molar-refractivity contribution is 5.19. The van der Waals surface area contributed by atoms with Crippen LogP contribution in [0.1, 0.15) is 75.5 Å². The van der Waals surface area contributed by atoms with E-state index in [0.717, 1.165) is 5.92 Å². The molecule has 1 nitrogen and oxygen atoms in total. The third-order valence-corrected chi connectivity index (χ3v) is 3.75. The van der Waals surface area contributed by atoms with Crippen LogP contribution < -0.4 is 0 Å². The molecule has 1 aromatic rings. The van der Waals surface area contributed by atoms with Crippen LogP contribution in [-0.2, 0) is 0 Å². The van der Waals surface area contributed by atoms with Crippen molar-refractivity contribution in [2.75, 3.05) is 0 Å². The molecule has 0 saturated heterocycles. The maximum Gasteiger partial charge on any atom is 0.0434 e. The molecule has 1 saturated carbocycles. The largest absolute Gasteiger partial charge is 0.261 e.